The van der Waals surface area contributed by atoms with Crippen molar-refractivity contribution in [1.29, 1.82) is 0 Å². The van der Waals surface area contributed by atoms with E-state index in [1.165, 1.54) is 23.3 Å². The number of carboxylic acid groups (broad SMARTS) is 1. The van der Waals surface area contributed by atoms with Gasteiger partial charge in [-0.05, 0) is 12.1 Å². The normalized spacial score (nSPS) is 10.0. The lowest BCUT2D eigenvalue weighted by Gasteiger charge is -2.10. The fourth-order valence-electron chi connectivity index (χ4n) is 0.980. The molecule has 82 valence electrons. The van der Waals surface area contributed by atoms with E-state index >= 15 is 0 Å². The van der Waals surface area contributed by atoms with Gasteiger partial charge in [-0.3, -0.25) is 4.79 Å². The van der Waals surface area contributed by atoms with E-state index in [4.69, 9.17) is 5.11 Å². The average molecular weight is 292 g/mol. The highest BCUT2D eigenvalue weighted by Gasteiger charge is 2.11. The summed E-state index contributed by atoms with van der Waals surface area (Å²) in [5.74, 6) is 0.0178. The molecule has 0 aliphatic rings. The topological polar surface area (TPSA) is 57.6 Å². The molecule has 0 spiro atoms. The van der Waals surface area contributed by atoms with Gasteiger partial charge in [0.25, 0.3) is 0 Å². The van der Waals surface area contributed by atoms with Gasteiger partial charge >= 0.3 is 6.09 Å². The van der Waals surface area contributed by atoms with Crippen molar-refractivity contribution in [2.45, 2.75) is 6.54 Å². The fourth-order valence-corrected chi connectivity index (χ4v) is 2.47. The number of Topliss-reactive ketones (excluding diaryl/α,β-unsaturated/α-hetero) is 1. The second-order valence-corrected chi connectivity index (χ2v) is 4.69. The molecule has 1 aromatic heterocycles. The Morgan fingerprint density at radius 1 is 1.53 bits per heavy atom. The quantitative estimate of drug-likeness (QED) is 0.685. The van der Waals surface area contributed by atoms with Crippen molar-refractivity contribution >= 4 is 39.1 Å². The first-order valence-corrected chi connectivity index (χ1v) is 6.10. The molecule has 0 fully saturated rings. The van der Waals surface area contributed by atoms with Crippen molar-refractivity contribution in [3.05, 3.63) is 21.9 Å². The summed E-state index contributed by atoms with van der Waals surface area (Å²) < 4.78 is 0. The van der Waals surface area contributed by atoms with Crippen molar-refractivity contribution in [3.8, 4) is 0 Å². The summed E-state index contributed by atoms with van der Waals surface area (Å²) in [5.41, 5.74) is 0. The zero-order chi connectivity index (χ0) is 11.4. The maximum Gasteiger partial charge on any atom is 0.407 e. The van der Waals surface area contributed by atoms with Crippen LogP contribution in [-0.4, -0.2) is 34.3 Å². The van der Waals surface area contributed by atoms with Gasteiger partial charge < -0.3 is 10.0 Å². The van der Waals surface area contributed by atoms with Crippen LogP contribution in [0.4, 0.5) is 4.79 Å². The molecule has 0 aromatic carbocycles. The van der Waals surface area contributed by atoms with E-state index in [1.807, 2.05) is 0 Å². The zero-order valence-corrected chi connectivity index (χ0v) is 10.5. The molecule has 1 amide bonds. The van der Waals surface area contributed by atoms with Crippen LogP contribution in [0.15, 0.2) is 12.1 Å². The number of amides is 1. The van der Waals surface area contributed by atoms with E-state index in [1.54, 1.807) is 12.1 Å². The molecule has 0 aliphatic heterocycles. The molecule has 1 heterocycles. The van der Waals surface area contributed by atoms with Crippen LogP contribution in [0.25, 0.3) is 0 Å². The maximum atomic E-state index is 11.3. The molecule has 1 N–H and O–H groups in total. The molecule has 15 heavy (non-hydrogen) atoms. The molecule has 0 saturated carbocycles. The smallest absolute Gasteiger partial charge is 0.407 e. The van der Waals surface area contributed by atoms with Gasteiger partial charge in [-0.15, -0.1) is 11.3 Å². The number of nitrogens with zero attached hydrogens (tertiary/aromatic N) is 1. The highest BCUT2D eigenvalue weighted by atomic mass is 79.9. The molecule has 4 nitrogen and oxygen atoms in total. The van der Waals surface area contributed by atoms with E-state index < -0.39 is 6.09 Å². The molecular weight excluding hydrogens is 282 g/mol. The lowest BCUT2D eigenvalue weighted by atomic mass is 10.3. The van der Waals surface area contributed by atoms with Crippen LogP contribution in [0.5, 0.6) is 0 Å². The van der Waals surface area contributed by atoms with Gasteiger partial charge in [-0.2, -0.15) is 0 Å². The maximum absolute atomic E-state index is 11.3. The van der Waals surface area contributed by atoms with E-state index in [0.717, 1.165) is 4.88 Å². The first kappa shape index (κ1) is 12.2. The Kier molecular flexibility index (Phi) is 4.28. The van der Waals surface area contributed by atoms with Crippen LogP contribution in [0.3, 0.4) is 0 Å². The standard InChI is InChI=1S/C9H10BrNO3S/c1-11(9(13)14)5-6-2-3-8(15-6)7(12)4-10/h2-3H,4-5H2,1H3,(H,13,14). The minimum atomic E-state index is -0.975. The Bertz CT molecular complexity index is 377. The summed E-state index contributed by atoms with van der Waals surface area (Å²) in [5, 5.41) is 8.95. The Labute approximate surface area is 99.6 Å². The third-order valence-electron chi connectivity index (χ3n) is 1.78. The fraction of sp³-hybridized carbons (Fsp3) is 0.333. The predicted molar refractivity (Wildman–Crippen MR) is 61.9 cm³/mol. The molecule has 0 unspecified atom stereocenters. The summed E-state index contributed by atoms with van der Waals surface area (Å²) in [6, 6.07) is 3.50. The Balaban J connectivity index is 2.68. The average Bonchev–Trinajstić information content (AvgIpc) is 2.65. The number of carbonyl (C=O) groups excluding carboxylic acids is 1. The monoisotopic (exact) mass is 291 g/mol. The van der Waals surface area contributed by atoms with Gasteiger partial charge in [-0.1, -0.05) is 15.9 Å². The summed E-state index contributed by atoms with van der Waals surface area (Å²) >= 11 is 4.41. The molecule has 1 rings (SSSR count). The zero-order valence-electron chi connectivity index (χ0n) is 8.07. The number of ketones is 1. The van der Waals surface area contributed by atoms with Crippen molar-refractivity contribution in [2.75, 3.05) is 12.4 Å². The molecular formula is C9H10BrNO3S. The van der Waals surface area contributed by atoms with Gasteiger partial charge in [-0.25, -0.2) is 4.79 Å². The Morgan fingerprint density at radius 3 is 2.73 bits per heavy atom. The first-order valence-electron chi connectivity index (χ1n) is 4.16. The molecule has 0 aliphatic carbocycles. The summed E-state index contributed by atoms with van der Waals surface area (Å²) in [6.07, 6.45) is -0.975. The third-order valence-corrected chi connectivity index (χ3v) is 3.40. The number of hydrogen-bond acceptors (Lipinski definition) is 3. The van der Waals surface area contributed by atoms with E-state index in [2.05, 4.69) is 15.9 Å². The number of rotatable bonds is 4. The van der Waals surface area contributed by atoms with Crippen LogP contribution in [-0.2, 0) is 6.54 Å². The van der Waals surface area contributed by atoms with E-state index in [9.17, 15) is 9.59 Å². The number of carbonyl (C=O) groups is 2. The molecule has 1 aromatic rings. The van der Waals surface area contributed by atoms with Crippen LogP contribution < -0.4 is 0 Å². The number of hydrogen-bond donors (Lipinski definition) is 1. The summed E-state index contributed by atoms with van der Waals surface area (Å²) in [7, 11) is 1.49. The van der Waals surface area contributed by atoms with Crippen LogP contribution in [0.2, 0.25) is 0 Å². The molecule has 0 radical (unpaired) electrons. The highest BCUT2D eigenvalue weighted by Crippen LogP contribution is 2.19. The predicted octanol–water partition coefficient (Wildman–Crippen LogP) is 2.44. The lowest BCUT2D eigenvalue weighted by molar-refractivity contribution is 0.102. The molecule has 0 saturated heterocycles. The van der Waals surface area contributed by atoms with Gasteiger partial charge in [0.05, 0.1) is 16.8 Å². The van der Waals surface area contributed by atoms with Crippen molar-refractivity contribution in [2.24, 2.45) is 0 Å². The summed E-state index contributed by atoms with van der Waals surface area (Å²) in [4.78, 5) is 24.5. The van der Waals surface area contributed by atoms with E-state index in [0.29, 0.717) is 16.8 Å². The largest absolute Gasteiger partial charge is 0.465 e. The van der Waals surface area contributed by atoms with Gasteiger partial charge in [0, 0.05) is 11.9 Å². The van der Waals surface area contributed by atoms with Gasteiger partial charge in [0.1, 0.15) is 0 Å². The summed E-state index contributed by atoms with van der Waals surface area (Å²) in [6.45, 7) is 0.315. The second kappa shape index (κ2) is 5.27. The molecule has 0 bridgehead atoms. The van der Waals surface area contributed by atoms with E-state index in [-0.39, 0.29) is 5.78 Å². The Morgan fingerprint density at radius 2 is 2.20 bits per heavy atom. The minimum Gasteiger partial charge on any atom is -0.465 e. The van der Waals surface area contributed by atoms with Crippen LogP contribution in [0, 0.1) is 0 Å². The lowest BCUT2D eigenvalue weighted by Crippen LogP contribution is -2.23. The van der Waals surface area contributed by atoms with Crippen LogP contribution in [0.1, 0.15) is 14.5 Å². The number of halogens is 1. The third kappa shape index (κ3) is 3.32. The van der Waals surface area contributed by atoms with Crippen molar-refractivity contribution < 1.29 is 14.7 Å². The van der Waals surface area contributed by atoms with Crippen LogP contribution >= 0.6 is 27.3 Å². The SMILES string of the molecule is CN(Cc1ccc(C(=O)CBr)s1)C(=O)O. The highest BCUT2D eigenvalue weighted by molar-refractivity contribution is 9.09. The second-order valence-electron chi connectivity index (χ2n) is 2.96. The minimum absolute atomic E-state index is 0.0178. The van der Waals surface area contributed by atoms with Gasteiger partial charge in [0.2, 0.25) is 0 Å². The van der Waals surface area contributed by atoms with Crippen molar-refractivity contribution in [1.82, 2.24) is 4.90 Å². The van der Waals surface area contributed by atoms with Gasteiger partial charge in [0.15, 0.2) is 5.78 Å². The molecule has 0 atom stereocenters. The number of thiophene rings is 1. The molecule has 6 heteroatoms. The van der Waals surface area contributed by atoms with Crippen molar-refractivity contribution in [3.63, 3.8) is 0 Å². The number of alkyl halides is 1. The Hall–Kier alpha value is -0.880. The first-order chi connectivity index (χ1) is 7.04.